The number of ether oxygens (including phenoxy) is 4. The van der Waals surface area contributed by atoms with Crippen molar-refractivity contribution >= 4 is 14.5 Å². The topological polar surface area (TPSA) is 93.7 Å². The molecule has 1 aliphatic heterocycles. The molecule has 0 bridgehead atoms. The Morgan fingerprint density at radius 3 is 1.72 bits per heavy atom. The molecule has 0 saturated carbocycles. The van der Waals surface area contributed by atoms with Gasteiger partial charge in [0, 0.05) is 6.92 Å². The molecule has 1 amide bonds. The minimum atomic E-state index is -1.75. The maximum Gasteiger partial charge on any atom is 0.335 e. The van der Waals surface area contributed by atoms with Gasteiger partial charge in [-0.05, 0) is 30.5 Å². The molecule has 1 heterocycles. The highest BCUT2D eigenvalue weighted by molar-refractivity contribution is 7.41. The second-order valence-corrected chi connectivity index (χ2v) is 11.1. The monoisotopic (exact) mass is 611 g/mol. The Bertz CT molecular complexity index is 1180. The Morgan fingerprint density at radius 1 is 0.744 bits per heavy atom. The van der Waals surface area contributed by atoms with Crippen LogP contribution in [0.15, 0.2) is 91.0 Å². The molecule has 0 aromatic heterocycles. The number of carbonyl (C=O) groups excluding carboxylic acids is 1. The van der Waals surface area contributed by atoms with Crippen molar-refractivity contribution < 1.29 is 37.3 Å². The summed E-state index contributed by atoms with van der Waals surface area (Å²) in [4.78, 5) is 12.5. The molecule has 1 fully saturated rings. The molecule has 5 atom stereocenters. The quantitative estimate of drug-likeness (QED) is 0.188. The molecule has 3 aromatic rings. The Hall–Kier alpha value is -2.72. The van der Waals surface area contributed by atoms with E-state index in [1.807, 2.05) is 105 Å². The summed E-state index contributed by atoms with van der Waals surface area (Å²) in [5, 5.41) is 3.00. The second-order valence-electron chi connectivity index (χ2n) is 9.96. The summed E-state index contributed by atoms with van der Waals surface area (Å²) in [7, 11) is -1.75. The van der Waals surface area contributed by atoms with E-state index in [1.54, 1.807) is 0 Å². The molecule has 232 valence electrons. The molecule has 3 aromatic carbocycles. The standard InChI is InChI=1S/C33H42NO8P/c1-4-39-43(40-5-2)42-33-30(34-25(3)35)32(38-23-28-19-13-8-14-20-28)31(37-22-27-17-11-7-12-18-27)29(41-33)24-36-21-26-15-9-6-10-16-26/h6-20,29-33H,4-5,21-24H2,1-3H3,(H,34,35)/t29-,30-,31-,32-,33-/m1/s1. The lowest BCUT2D eigenvalue weighted by atomic mass is 9.96. The van der Waals surface area contributed by atoms with Crippen molar-refractivity contribution in [2.45, 2.75) is 71.2 Å². The summed E-state index contributed by atoms with van der Waals surface area (Å²) >= 11 is 0. The molecule has 1 N–H and O–H groups in total. The van der Waals surface area contributed by atoms with E-state index in [2.05, 4.69) is 5.32 Å². The van der Waals surface area contributed by atoms with Gasteiger partial charge in [0.15, 0.2) is 6.29 Å². The number of carbonyl (C=O) groups is 1. The maximum atomic E-state index is 12.5. The van der Waals surface area contributed by atoms with Crippen LogP contribution in [0.4, 0.5) is 0 Å². The minimum Gasteiger partial charge on any atom is -0.374 e. The summed E-state index contributed by atoms with van der Waals surface area (Å²) in [5.74, 6) is -0.256. The highest BCUT2D eigenvalue weighted by Gasteiger charge is 2.49. The van der Waals surface area contributed by atoms with E-state index in [4.69, 9.17) is 32.5 Å². The molecule has 10 heteroatoms. The number of hydrogen-bond donors (Lipinski definition) is 1. The normalized spacial score (nSPS) is 22.0. The van der Waals surface area contributed by atoms with Crippen LogP contribution in [0, 0.1) is 0 Å². The highest BCUT2D eigenvalue weighted by atomic mass is 31.2. The second kappa shape index (κ2) is 18.2. The van der Waals surface area contributed by atoms with Crippen LogP contribution < -0.4 is 5.32 Å². The minimum absolute atomic E-state index is 0.202. The van der Waals surface area contributed by atoms with Gasteiger partial charge in [0.1, 0.15) is 24.4 Å². The predicted octanol–water partition coefficient (Wildman–Crippen LogP) is 5.92. The Morgan fingerprint density at radius 2 is 1.23 bits per heavy atom. The molecule has 9 nitrogen and oxygen atoms in total. The summed E-state index contributed by atoms with van der Waals surface area (Å²) in [5.41, 5.74) is 3.02. The Balaban J connectivity index is 1.63. The van der Waals surface area contributed by atoms with Crippen molar-refractivity contribution in [3.8, 4) is 0 Å². The summed E-state index contributed by atoms with van der Waals surface area (Å²) in [6.45, 7) is 7.18. The zero-order chi connectivity index (χ0) is 30.3. The third kappa shape index (κ3) is 10.7. The van der Waals surface area contributed by atoms with E-state index in [0.29, 0.717) is 33.0 Å². The van der Waals surface area contributed by atoms with Crippen molar-refractivity contribution in [3.63, 3.8) is 0 Å². The first-order chi connectivity index (χ1) is 21.1. The average Bonchev–Trinajstić information content (AvgIpc) is 3.02. The van der Waals surface area contributed by atoms with E-state index in [9.17, 15) is 4.79 Å². The van der Waals surface area contributed by atoms with E-state index in [0.717, 1.165) is 16.7 Å². The SMILES string of the molecule is CCOP(OCC)O[C@H]1O[C@H](COCc2ccccc2)[C@@H](OCc2ccccc2)[C@H](OCc2ccccc2)[C@H]1NC(C)=O. The lowest BCUT2D eigenvalue weighted by Gasteiger charge is -2.46. The fraction of sp³-hybridized carbons (Fsp3) is 0.424. The molecular weight excluding hydrogens is 569 g/mol. The van der Waals surface area contributed by atoms with Gasteiger partial charge in [0.05, 0.1) is 39.6 Å². The van der Waals surface area contributed by atoms with Crippen molar-refractivity contribution in [2.24, 2.45) is 0 Å². The molecule has 4 rings (SSSR count). The van der Waals surface area contributed by atoms with Crippen molar-refractivity contribution in [3.05, 3.63) is 108 Å². The molecule has 0 unspecified atom stereocenters. The first-order valence-electron chi connectivity index (χ1n) is 14.6. The first kappa shape index (κ1) is 33.2. The van der Waals surface area contributed by atoms with Gasteiger partial charge in [-0.2, -0.15) is 0 Å². The van der Waals surface area contributed by atoms with Crippen molar-refractivity contribution in [1.29, 1.82) is 0 Å². The summed E-state index contributed by atoms with van der Waals surface area (Å²) < 4.78 is 43.6. The zero-order valence-electron chi connectivity index (χ0n) is 25.0. The molecule has 1 aliphatic rings. The third-order valence-electron chi connectivity index (χ3n) is 6.64. The fourth-order valence-electron chi connectivity index (χ4n) is 4.71. The highest BCUT2D eigenvalue weighted by Crippen LogP contribution is 2.43. The molecule has 1 saturated heterocycles. The number of hydrogen-bond acceptors (Lipinski definition) is 8. The average molecular weight is 612 g/mol. The lowest BCUT2D eigenvalue weighted by molar-refractivity contribution is -0.272. The van der Waals surface area contributed by atoms with Crippen LogP contribution in [0.1, 0.15) is 37.5 Å². The van der Waals surface area contributed by atoms with Crippen LogP contribution in [0.5, 0.6) is 0 Å². The molecular formula is C33H42NO8P. The maximum absolute atomic E-state index is 12.5. The van der Waals surface area contributed by atoms with Gasteiger partial charge in [0.25, 0.3) is 0 Å². The van der Waals surface area contributed by atoms with Crippen LogP contribution in [-0.4, -0.2) is 56.4 Å². The lowest BCUT2D eigenvalue weighted by Crippen LogP contribution is -2.65. The molecule has 0 aliphatic carbocycles. The summed E-state index contributed by atoms with van der Waals surface area (Å²) in [6.07, 6.45) is -2.81. The van der Waals surface area contributed by atoms with Crippen LogP contribution in [-0.2, 0) is 57.1 Å². The van der Waals surface area contributed by atoms with Gasteiger partial charge in [0.2, 0.25) is 5.91 Å². The van der Waals surface area contributed by atoms with E-state index < -0.39 is 39.2 Å². The van der Waals surface area contributed by atoms with Gasteiger partial charge in [-0.1, -0.05) is 91.0 Å². The summed E-state index contributed by atoms with van der Waals surface area (Å²) in [6, 6.07) is 28.9. The van der Waals surface area contributed by atoms with E-state index in [-0.39, 0.29) is 12.5 Å². The van der Waals surface area contributed by atoms with E-state index in [1.165, 1.54) is 6.92 Å². The number of rotatable bonds is 17. The zero-order valence-corrected chi connectivity index (χ0v) is 25.9. The smallest absolute Gasteiger partial charge is 0.335 e. The number of nitrogens with one attached hydrogen (secondary N) is 1. The number of amides is 1. The van der Waals surface area contributed by atoms with Gasteiger partial charge < -0.3 is 33.3 Å². The molecule has 43 heavy (non-hydrogen) atoms. The number of benzene rings is 3. The molecule has 0 spiro atoms. The van der Waals surface area contributed by atoms with Crippen LogP contribution in [0.3, 0.4) is 0 Å². The molecule has 0 radical (unpaired) electrons. The van der Waals surface area contributed by atoms with Gasteiger partial charge >= 0.3 is 8.60 Å². The Labute approximate surface area is 255 Å². The van der Waals surface area contributed by atoms with Crippen LogP contribution in [0.25, 0.3) is 0 Å². The van der Waals surface area contributed by atoms with Gasteiger partial charge in [-0.25, -0.2) is 0 Å². The van der Waals surface area contributed by atoms with Crippen LogP contribution >= 0.6 is 8.60 Å². The van der Waals surface area contributed by atoms with Crippen LogP contribution in [0.2, 0.25) is 0 Å². The van der Waals surface area contributed by atoms with Crippen molar-refractivity contribution in [1.82, 2.24) is 5.32 Å². The van der Waals surface area contributed by atoms with Crippen molar-refractivity contribution in [2.75, 3.05) is 19.8 Å². The first-order valence-corrected chi connectivity index (χ1v) is 15.7. The van der Waals surface area contributed by atoms with Gasteiger partial charge in [-0.15, -0.1) is 0 Å². The largest absolute Gasteiger partial charge is 0.374 e. The van der Waals surface area contributed by atoms with E-state index >= 15 is 0 Å². The Kier molecular flexibility index (Phi) is 14.0. The predicted molar refractivity (Wildman–Crippen MR) is 164 cm³/mol. The third-order valence-corrected chi connectivity index (χ3v) is 7.96. The fourth-order valence-corrected chi connectivity index (χ4v) is 5.68. The van der Waals surface area contributed by atoms with Gasteiger partial charge in [-0.3, -0.25) is 9.32 Å².